The highest BCUT2D eigenvalue weighted by atomic mass is 19.4. The average Bonchev–Trinajstić information content (AvgIpc) is 2.45. The predicted octanol–water partition coefficient (Wildman–Crippen LogP) is 2.46. The second-order valence-electron chi connectivity index (χ2n) is 4.79. The third-order valence-electron chi connectivity index (χ3n) is 3.06. The van der Waals surface area contributed by atoms with E-state index in [2.05, 4.69) is 10.6 Å². The van der Waals surface area contributed by atoms with Crippen molar-refractivity contribution >= 4 is 0 Å². The highest BCUT2D eigenvalue weighted by Gasteiger charge is 2.29. The van der Waals surface area contributed by atoms with Crippen LogP contribution in [-0.4, -0.2) is 39.9 Å². The number of methoxy groups -OCH3 is 1. The summed E-state index contributed by atoms with van der Waals surface area (Å²) in [7, 11) is 1.67. The molecule has 1 aromatic carbocycles. The summed E-state index contributed by atoms with van der Waals surface area (Å²) in [6.07, 6.45) is -2.52. The Labute approximate surface area is 123 Å². The van der Waals surface area contributed by atoms with Crippen LogP contribution in [0.3, 0.4) is 0 Å². The molecule has 6 heteroatoms. The SMILES string of the molecule is COCCNCCCNCCc1ccc(C(F)(F)F)cc1. The molecule has 0 saturated heterocycles. The quantitative estimate of drug-likeness (QED) is 0.652. The highest BCUT2D eigenvalue weighted by molar-refractivity contribution is 5.24. The first-order valence-corrected chi connectivity index (χ1v) is 7.10. The molecule has 0 aliphatic rings. The van der Waals surface area contributed by atoms with Crippen molar-refractivity contribution < 1.29 is 17.9 Å². The molecule has 1 aromatic rings. The minimum Gasteiger partial charge on any atom is -0.383 e. The van der Waals surface area contributed by atoms with Crippen molar-refractivity contribution in [2.45, 2.75) is 19.0 Å². The fourth-order valence-electron chi connectivity index (χ4n) is 1.86. The molecule has 0 unspecified atom stereocenters. The lowest BCUT2D eigenvalue weighted by Gasteiger charge is -2.08. The first-order chi connectivity index (χ1) is 10.0. The zero-order valence-electron chi connectivity index (χ0n) is 12.3. The molecule has 21 heavy (non-hydrogen) atoms. The minimum atomic E-state index is -4.26. The van der Waals surface area contributed by atoms with Gasteiger partial charge in [0.05, 0.1) is 12.2 Å². The van der Waals surface area contributed by atoms with E-state index in [4.69, 9.17) is 4.74 Å². The van der Waals surface area contributed by atoms with Gasteiger partial charge in [-0.05, 0) is 50.2 Å². The van der Waals surface area contributed by atoms with Gasteiger partial charge in [0.15, 0.2) is 0 Å². The summed E-state index contributed by atoms with van der Waals surface area (Å²) in [5.74, 6) is 0. The fraction of sp³-hybridized carbons (Fsp3) is 0.600. The molecule has 0 saturated carbocycles. The van der Waals surface area contributed by atoms with E-state index in [-0.39, 0.29) is 0 Å². The number of benzene rings is 1. The Bertz CT molecular complexity index is 380. The first kappa shape index (κ1) is 17.9. The third kappa shape index (κ3) is 8.04. The van der Waals surface area contributed by atoms with Crippen molar-refractivity contribution in [3.8, 4) is 0 Å². The molecule has 0 heterocycles. The molecular weight excluding hydrogens is 281 g/mol. The molecule has 0 spiro atoms. The third-order valence-corrected chi connectivity index (χ3v) is 3.06. The normalized spacial score (nSPS) is 11.8. The van der Waals surface area contributed by atoms with E-state index in [0.717, 1.165) is 56.7 Å². The van der Waals surface area contributed by atoms with Crippen LogP contribution in [0.1, 0.15) is 17.5 Å². The monoisotopic (exact) mass is 304 g/mol. The van der Waals surface area contributed by atoms with Crippen LogP contribution >= 0.6 is 0 Å². The van der Waals surface area contributed by atoms with Gasteiger partial charge in [0.25, 0.3) is 0 Å². The average molecular weight is 304 g/mol. The summed E-state index contributed by atoms with van der Waals surface area (Å²) in [6, 6.07) is 5.34. The number of alkyl halides is 3. The molecule has 0 bridgehead atoms. The number of nitrogens with one attached hydrogen (secondary N) is 2. The molecule has 0 aliphatic heterocycles. The standard InChI is InChI=1S/C15H23F3N2O/c1-21-12-11-20-9-2-8-19-10-7-13-3-5-14(6-4-13)15(16,17)18/h3-6,19-20H,2,7-12H2,1H3. The largest absolute Gasteiger partial charge is 0.416 e. The van der Waals surface area contributed by atoms with Gasteiger partial charge in [0.2, 0.25) is 0 Å². The van der Waals surface area contributed by atoms with Crippen molar-refractivity contribution in [3.63, 3.8) is 0 Å². The smallest absolute Gasteiger partial charge is 0.383 e. The second-order valence-corrected chi connectivity index (χ2v) is 4.79. The summed E-state index contributed by atoms with van der Waals surface area (Å²) < 4.78 is 42.1. The van der Waals surface area contributed by atoms with Crippen molar-refractivity contribution in [3.05, 3.63) is 35.4 Å². The zero-order chi connectivity index (χ0) is 15.6. The molecule has 0 atom stereocenters. The highest BCUT2D eigenvalue weighted by Crippen LogP contribution is 2.29. The van der Waals surface area contributed by atoms with E-state index in [0.29, 0.717) is 6.61 Å². The van der Waals surface area contributed by atoms with Gasteiger partial charge in [0.1, 0.15) is 0 Å². The summed E-state index contributed by atoms with van der Waals surface area (Å²) in [4.78, 5) is 0. The van der Waals surface area contributed by atoms with Crippen LogP contribution in [0.5, 0.6) is 0 Å². The Morgan fingerprint density at radius 2 is 1.57 bits per heavy atom. The Morgan fingerprint density at radius 1 is 0.952 bits per heavy atom. The second kappa shape index (κ2) is 9.76. The van der Waals surface area contributed by atoms with Gasteiger partial charge in [-0.2, -0.15) is 13.2 Å². The molecule has 0 fully saturated rings. The maximum absolute atomic E-state index is 12.4. The van der Waals surface area contributed by atoms with E-state index < -0.39 is 11.7 Å². The van der Waals surface area contributed by atoms with Crippen molar-refractivity contribution in [1.82, 2.24) is 10.6 Å². The van der Waals surface area contributed by atoms with E-state index in [9.17, 15) is 13.2 Å². The maximum Gasteiger partial charge on any atom is 0.416 e. The van der Waals surface area contributed by atoms with Crippen LogP contribution < -0.4 is 10.6 Å². The molecule has 0 aromatic heterocycles. The van der Waals surface area contributed by atoms with Crippen molar-refractivity contribution in [1.29, 1.82) is 0 Å². The lowest BCUT2D eigenvalue weighted by molar-refractivity contribution is -0.137. The Morgan fingerprint density at radius 3 is 2.14 bits per heavy atom. The van der Waals surface area contributed by atoms with Crippen LogP contribution in [-0.2, 0) is 17.3 Å². The van der Waals surface area contributed by atoms with Gasteiger partial charge < -0.3 is 15.4 Å². The molecule has 120 valence electrons. The van der Waals surface area contributed by atoms with Crippen LogP contribution in [0.2, 0.25) is 0 Å². The molecule has 3 nitrogen and oxygen atoms in total. The van der Waals surface area contributed by atoms with E-state index in [1.165, 1.54) is 12.1 Å². The summed E-state index contributed by atoms with van der Waals surface area (Å²) in [5.41, 5.74) is 0.315. The van der Waals surface area contributed by atoms with Crippen LogP contribution in [0.4, 0.5) is 13.2 Å². The number of ether oxygens (including phenoxy) is 1. The van der Waals surface area contributed by atoms with Gasteiger partial charge in [0, 0.05) is 13.7 Å². The lowest BCUT2D eigenvalue weighted by Crippen LogP contribution is -2.25. The van der Waals surface area contributed by atoms with Crippen LogP contribution in [0.25, 0.3) is 0 Å². The van der Waals surface area contributed by atoms with Crippen LogP contribution in [0.15, 0.2) is 24.3 Å². The molecule has 0 amide bonds. The fourth-order valence-corrected chi connectivity index (χ4v) is 1.86. The molecule has 0 aliphatic carbocycles. The van der Waals surface area contributed by atoms with Gasteiger partial charge in [-0.25, -0.2) is 0 Å². The summed E-state index contributed by atoms with van der Waals surface area (Å²) in [6.45, 7) is 4.14. The summed E-state index contributed by atoms with van der Waals surface area (Å²) >= 11 is 0. The molecule has 1 rings (SSSR count). The lowest BCUT2D eigenvalue weighted by atomic mass is 10.1. The number of halogens is 3. The summed E-state index contributed by atoms with van der Waals surface area (Å²) in [5, 5.41) is 6.52. The first-order valence-electron chi connectivity index (χ1n) is 7.10. The zero-order valence-corrected chi connectivity index (χ0v) is 12.3. The Kier molecular flexibility index (Phi) is 8.34. The van der Waals surface area contributed by atoms with Gasteiger partial charge in [-0.1, -0.05) is 12.1 Å². The van der Waals surface area contributed by atoms with Crippen molar-refractivity contribution in [2.75, 3.05) is 39.9 Å². The van der Waals surface area contributed by atoms with Gasteiger partial charge in [-0.3, -0.25) is 0 Å². The van der Waals surface area contributed by atoms with Gasteiger partial charge in [-0.15, -0.1) is 0 Å². The van der Waals surface area contributed by atoms with E-state index in [1.54, 1.807) is 7.11 Å². The number of hydrogen-bond acceptors (Lipinski definition) is 3. The van der Waals surface area contributed by atoms with E-state index in [1.807, 2.05) is 0 Å². The predicted molar refractivity (Wildman–Crippen MR) is 77.4 cm³/mol. The minimum absolute atomic E-state index is 0.596. The van der Waals surface area contributed by atoms with Gasteiger partial charge >= 0.3 is 6.18 Å². The molecule has 2 N–H and O–H groups in total. The maximum atomic E-state index is 12.4. The topological polar surface area (TPSA) is 33.3 Å². The number of rotatable bonds is 10. The Balaban J connectivity index is 2.08. The molecule has 0 radical (unpaired) electrons. The van der Waals surface area contributed by atoms with Crippen molar-refractivity contribution in [2.24, 2.45) is 0 Å². The van der Waals surface area contributed by atoms with E-state index >= 15 is 0 Å². The van der Waals surface area contributed by atoms with Crippen LogP contribution in [0, 0.1) is 0 Å². The Hall–Kier alpha value is -1.11. The number of hydrogen-bond donors (Lipinski definition) is 2. The molecular formula is C15H23F3N2O.